The van der Waals surface area contributed by atoms with Gasteiger partial charge >= 0.3 is 0 Å². The molecule has 1 radical (unpaired) electrons. The fourth-order valence-electron chi connectivity index (χ4n) is 0.426. The third kappa shape index (κ3) is 8.75. The van der Waals surface area contributed by atoms with Gasteiger partial charge in [-0.1, -0.05) is 13.8 Å². The molecule has 0 aromatic heterocycles. The van der Waals surface area contributed by atoms with Crippen LogP contribution in [0.4, 0.5) is 0 Å². The van der Waals surface area contributed by atoms with Crippen molar-refractivity contribution in [3.05, 3.63) is 6.92 Å². The minimum absolute atomic E-state index is 0.378. The molecule has 0 spiro atoms. The minimum Gasteiger partial charge on any atom is -0.449 e. The Morgan fingerprint density at radius 3 is 2.60 bits per heavy atom. The van der Waals surface area contributed by atoms with Crippen molar-refractivity contribution in [2.24, 2.45) is 0 Å². The molecular weight excluding hydrogens is 196 g/mol. The van der Waals surface area contributed by atoms with Crippen LogP contribution < -0.4 is 0 Å². The van der Waals surface area contributed by atoms with E-state index in [-0.39, 0.29) is 9.76 Å². The van der Waals surface area contributed by atoms with E-state index in [1.165, 1.54) is 0 Å². The van der Waals surface area contributed by atoms with Gasteiger partial charge in [-0.05, 0) is 5.54 Å². The number of hydrogen-bond donors (Lipinski definition) is 0. The van der Waals surface area contributed by atoms with Crippen LogP contribution in [0.15, 0.2) is 0 Å². The molecule has 0 fully saturated rings. The van der Waals surface area contributed by atoms with Crippen molar-refractivity contribution in [3.8, 4) is 0 Å². The SMILES string of the molecule is [CH2]C(C)[SiH2]O[SiH2]O[SiH2]O[SiH3]. The highest BCUT2D eigenvalue weighted by Crippen LogP contribution is 1.94. The van der Waals surface area contributed by atoms with Crippen LogP contribution in [-0.4, -0.2) is 40.3 Å². The average molecular weight is 211 g/mol. The molecule has 61 valence electrons. The molecule has 0 bridgehead atoms. The van der Waals surface area contributed by atoms with E-state index >= 15 is 0 Å². The van der Waals surface area contributed by atoms with Gasteiger partial charge in [0.05, 0.1) is 0 Å². The summed E-state index contributed by atoms with van der Waals surface area (Å²) in [6.45, 7) is 5.93. The van der Waals surface area contributed by atoms with Gasteiger partial charge in [-0.3, -0.25) is 0 Å². The Bertz CT molecular complexity index is 70.8. The number of rotatable bonds is 6. The Labute approximate surface area is 72.4 Å². The fraction of sp³-hybridized carbons (Fsp3) is 0.667. The van der Waals surface area contributed by atoms with Crippen molar-refractivity contribution in [3.63, 3.8) is 0 Å². The van der Waals surface area contributed by atoms with Crippen LogP contribution >= 0.6 is 0 Å². The first-order chi connectivity index (χ1) is 4.77. The molecule has 0 rings (SSSR count). The molecule has 0 amide bonds. The van der Waals surface area contributed by atoms with Gasteiger partial charge in [-0.15, -0.1) is 0 Å². The summed E-state index contributed by atoms with van der Waals surface area (Å²) in [5.74, 6) is 0. The normalized spacial score (nSPS) is 14.7. The van der Waals surface area contributed by atoms with E-state index < -0.39 is 20.0 Å². The van der Waals surface area contributed by atoms with Gasteiger partial charge in [0.1, 0.15) is 10.5 Å². The Kier molecular flexibility index (Phi) is 8.44. The highest BCUT2D eigenvalue weighted by atomic mass is 28.4. The van der Waals surface area contributed by atoms with Crippen LogP contribution in [-0.2, 0) is 12.3 Å². The van der Waals surface area contributed by atoms with E-state index in [1.54, 1.807) is 0 Å². The lowest BCUT2D eigenvalue weighted by Crippen LogP contribution is -2.13. The first-order valence-electron chi connectivity index (χ1n) is 3.25. The van der Waals surface area contributed by atoms with Gasteiger partial charge in [-0.25, -0.2) is 0 Å². The maximum absolute atomic E-state index is 5.36. The molecule has 0 aliphatic rings. The predicted molar refractivity (Wildman–Crippen MR) is 53.6 cm³/mol. The van der Waals surface area contributed by atoms with E-state index in [4.69, 9.17) is 12.3 Å². The molecule has 0 heterocycles. The van der Waals surface area contributed by atoms with Crippen molar-refractivity contribution < 1.29 is 12.3 Å². The van der Waals surface area contributed by atoms with E-state index in [1.807, 2.05) is 0 Å². The quantitative estimate of drug-likeness (QED) is 0.347. The van der Waals surface area contributed by atoms with Crippen LogP contribution in [0.25, 0.3) is 0 Å². The second-order valence-electron chi connectivity index (χ2n) is 2.20. The van der Waals surface area contributed by atoms with Crippen LogP contribution in [0.2, 0.25) is 5.54 Å². The molecule has 10 heavy (non-hydrogen) atoms. The lowest BCUT2D eigenvalue weighted by molar-refractivity contribution is 0.437. The summed E-state index contributed by atoms with van der Waals surface area (Å²) in [6.07, 6.45) is 0. The van der Waals surface area contributed by atoms with Crippen LogP contribution in [0.1, 0.15) is 6.92 Å². The van der Waals surface area contributed by atoms with Gasteiger partial charge < -0.3 is 12.3 Å². The third-order valence-electron chi connectivity index (χ3n) is 0.770. The first-order valence-corrected chi connectivity index (χ1v) is 7.77. The summed E-state index contributed by atoms with van der Waals surface area (Å²) in [4.78, 5) is 0. The molecule has 0 aromatic rings. The van der Waals surface area contributed by atoms with E-state index in [0.29, 0.717) is 5.54 Å². The van der Waals surface area contributed by atoms with Crippen molar-refractivity contribution in [2.75, 3.05) is 0 Å². The lowest BCUT2D eigenvalue weighted by atomic mass is 10.6. The summed E-state index contributed by atoms with van der Waals surface area (Å²) in [6, 6.07) is 0. The fourth-order valence-corrected chi connectivity index (χ4v) is 6.39. The van der Waals surface area contributed by atoms with Gasteiger partial charge in [0.25, 0.3) is 20.0 Å². The third-order valence-corrected chi connectivity index (χ3v) is 5.22. The summed E-state index contributed by atoms with van der Waals surface area (Å²) in [5.41, 5.74) is 0.509. The molecule has 1 atom stereocenters. The van der Waals surface area contributed by atoms with Crippen molar-refractivity contribution in [1.82, 2.24) is 0 Å². The zero-order valence-corrected chi connectivity index (χ0v) is 12.9. The lowest BCUT2D eigenvalue weighted by Gasteiger charge is -2.05. The predicted octanol–water partition coefficient (Wildman–Crippen LogP) is -2.96. The second-order valence-corrected chi connectivity index (χ2v) is 9.98. The Morgan fingerprint density at radius 1 is 1.40 bits per heavy atom. The molecule has 0 aliphatic heterocycles. The molecule has 0 aromatic carbocycles. The maximum Gasteiger partial charge on any atom is 0.284 e. The van der Waals surface area contributed by atoms with E-state index in [0.717, 1.165) is 10.5 Å². The van der Waals surface area contributed by atoms with Crippen LogP contribution in [0.5, 0.6) is 0 Å². The molecule has 0 N–H and O–H groups in total. The Balaban J connectivity index is 2.77. The topological polar surface area (TPSA) is 27.7 Å². The molecule has 0 saturated heterocycles. The van der Waals surface area contributed by atoms with Crippen molar-refractivity contribution >= 4 is 40.3 Å². The molecular formula is C3H15O3Si4. The van der Waals surface area contributed by atoms with Crippen molar-refractivity contribution in [1.29, 1.82) is 0 Å². The molecule has 0 aliphatic carbocycles. The van der Waals surface area contributed by atoms with Gasteiger partial charge in [0.15, 0.2) is 9.76 Å². The Morgan fingerprint density at radius 2 is 2.10 bits per heavy atom. The smallest absolute Gasteiger partial charge is 0.284 e. The van der Waals surface area contributed by atoms with Gasteiger partial charge in [0, 0.05) is 0 Å². The minimum atomic E-state index is -0.662. The van der Waals surface area contributed by atoms with Crippen molar-refractivity contribution in [2.45, 2.75) is 12.5 Å². The zero-order valence-electron chi connectivity index (χ0n) is 6.63. The highest BCUT2D eigenvalue weighted by molar-refractivity contribution is 6.45. The summed E-state index contributed by atoms with van der Waals surface area (Å²) in [5, 5.41) is 0. The van der Waals surface area contributed by atoms with E-state index in [9.17, 15) is 0 Å². The molecule has 1 unspecified atom stereocenters. The largest absolute Gasteiger partial charge is 0.449 e. The summed E-state index contributed by atoms with van der Waals surface area (Å²) in [7, 11) is -0.857. The van der Waals surface area contributed by atoms with E-state index in [2.05, 4.69) is 13.8 Å². The molecule has 3 nitrogen and oxygen atoms in total. The zero-order chi connectivity index (χ0) is 7.82. The Hall–Kier alpha value is 0.748. The summed E-state index contributed by atoms with van der Waals surface area (Å²) >= 11 is 0. The highest BCUT2D eigenvalue weighted by Gasteiger charge is 1.94. The van der Waals surface area contributed by atoms with Gasteiger partial charge in [0.2, 0.25) is 0 Å². The van der Waals surface area contributed by atoms with Gasteiger partial charge in [-0.2, -0.15) is 0 Å². The molecule has 7 heteroatoms. The number of hydrogen-bond acceptors (Lipinski definition) is 3. The maximum atomic E-state index is 5.36. The van der Waals surface area contributed by atoms with Crippen LogP contribution in [0, 0.1) is 6.92 Å². The van der Waals surface area contributed by atoms with Crippen LogP contribution in [0.3, 0.4) is 0 Å². The second kappa shape index (κ2) is 7.85. The first kappa shape index (κ1) is 10.7. The monoisotopic (exact) mass is 211 g/mol. The standard InChI is InChI=1S/C3H15O3Si4/c1-3(2)8-5-10-6-9-4-7/h3H,1,8-10H2,2,7H3. The summed E-state index contributed by atoms with van der Waals surface area (Å²) < 4.78 is 15.5. The average Bonchev–Trinajstić information content (AvgIpc) is 1.87. The molecule has 0 saturated carbocycles.